The third kappa shape index (κ3) is 5.45. The summed E-state index contributed by atoms with van der Waals surface area (Å²) in [6, 6.07) is 18.1. The van der Waals surface area contributed by atoms with Crippen LogP contribution < -0.4 is 15.5 Å². The molecule has 0 saturated carbocycles. The van der Waals surface area contributed by atoms with Crippen LogP contribution in [0, 0.1) is 13.8 Å². The number of ether oxygens (including phenoxy) is 1. The molecule has 0 radical (unpaired) electrons. The molecule has 8 nitrogen and oxygen atoms in total. The Hall–Kier alpha value is -4.43. The molecular weight excluding hydrogens is 506 g/mol. The molecule has 0 atom stereocenters. The van der Waals surface area contributed by atoms with Crippen LogP contribution in [0.3, 0.4) is 0 Å². The quantitative estimate of drug-likeness (QED) is 0.291. The van der Waals surface area contributed by atoms with Gasteiger partial charge in [0.1, 0.15) is 10.7 Å². The Labute approximate surface area is 225 Å². The molecule has 1 aliphatic rings. The van der Waals surface area contributed by atoms with Gasteiger partial charge in [0.2, 0.25) is 0 Å². The summed E-state index contributed by atoms with van der Waals surface area (Å²) < 4.78 is 5.10. The zero-order valence-corrected chi connectivity index (χ0v) is 21.9. The van der Waals surface area contributed by atoms with Crippen molar-refractivity contribution in [2.45, 2.75) is 27.2 Å². The summed E-state index contributed by atoms with van der Waals surface area (Å²) in [7, 11) is 0. The number of carbonyl (C=O) groups is 4. The van der Waals surface area contributed by atoms with Gasteiger partial charge in [-0.2, -0.15) is 0 Å². The van der Waals surface area contributed by atoms with Crippen LogP contribution in [0.2, 0.25) is 0 Å². The van der Waals surface area contributed by atoms with Gasteiger partial charge in [0.05, 0.1) is 17.9 Å². The lowest BCUT2D eigenvalue weighted by Gasteiger charge is -2.16. The lowest BCUT2D eigenvalue weighted by molar-refractivity contribution is -0.120. The molecule has 0 aliphatic carbocycles. The third-order valence-electron chi connectivity index (χ3n) is 6.07. The van der Waals surface area contributed by atoms with Crippen molar-refractivity contribution in [3.8, 4) is 0 Å². The minimum Gasteiger partial charge on any atom is -0.462 e. The van der Waals surface area contributed by atoms with Crippen molar-refractivity contribution in [1.82, 2.24) is 0 Å². The molecule has 0 saturated heterocycles. The van der Waals surface area contributed by atoms with Crippen LogP contribution in [-0.2, 0) is 14.3 Å². The fourth-order valence-corrected chi connectivity index (χ4v) is 4.05. The van der Waals surface area contributed by atoms with Crippen LogP contribution in [0.4, 0.5) is 17.1 Å². The van der Waals surface area contributed by atoms with Gasteiger partial charge in [-0.1, -0.05) is 36.7 Å². The second-order valence-electron chi connectivity index (χ2n) is 8.72. The molecule has 0 fully saturated rings. The fraction of sp³-hybridized carbons (Fsp3) is 0.172. The van der Waals surface area contributed by atoms with Gasteiger partial charge in [0.25, 0.3) is 17.7 Å². The van der Waals surface area contributed by atoms with Gasteiger partial charge in [0.15, 0.2) is 0 Å². The van der Waals surface area contributed by atoms with E-state index in [4.69, 9.17) is 16.3 Å². The number of aryl methyl sites for hydroxylation is 1. The Bertz CT molecular complexity index is 1460. The highest BCUT2D eigenvalue weighted by Crippen LogP contribution is 2.30. The predicted molar refractivity (Wildman–Crippen MR) is 146 cm³/mol. The number of benzene rings is 3. The summed E-state index contributed by atoms with van der Waals surface area (Å²) in [5, 5.41) is 5.50. The van der Waals surface area contributed by atoms with Crippen LogP contribution in [0.25, 0.3) is 0 Å². The maximum atomic E-state index is 13.2. The van der Waals surface area contributed by atoms with Crippen molar-refractivity contribution in [3.63, 3.8) is 0 Å². The topological polar surface area (TPSA) is 105 Å². The van der Waals surface area contributed by atoms with Gasteiger partial charge in [-0.25, -0.2) is 9.69 Å². The number of rotatable bonds is 8. The van der Waals surface area contributed by atoms with E-state index in [0.717, 1.165) is 16.0 Å². The summed E-state index contributed by atoms with van der Waals surface area (Å²) >= 11 is 6.25. The standard InChI is InChI=1S/C29H26ClN3O5/c1-4-15-38-29(37)19-11-13-22(14-12-19)33-27(35)24(30)25(28(33)36)31-21-9-6-8-20(16-21)26(34)32-23-10-5-7-17(2)18(23)3/h5-14,16,31H,4,15H2,1-3H3,(H,32,34). The second-order valence-corrected chi connectivity index (χ2v) is 9.10. The number of imide groups is 1. The molecule has 0 spiro atoms. The Morgan fingerprint density at radius 1 is 0.921 bits per heavy atom. The fourth-order valence-electron chi connectivity index (χ4n) is 3.83. The average molecular weight is 532 g/mol. The average Bonchev–Trinajstić information content (AvgIpc) is 3.13. The number of carbonyl (C=O) groups excluding carboxylic acids is 4. The van der Waals surface area contributed by atoms with Gasteiger partial charge in [-0.3, -0.25) is 14.4 Å². The molecule has 0 unspecified atom stereocenters. The van der Waals surface area contributed by atoms with Crippen molar-refractivity contribution in [3.05, 3.63) is 99.7 Å². The van der Waals surface area contributed by atoms with E-state index in [1.165, 1.54) is 24.3 Å². The SMILES string of the molecule is CCCOC(=O)c1ccc(N2C(=O)C(Cl)=C(Nc3cccc(C(=O)Nc4cccc(C)c4C)c3)C2=O)cc1. The summed E-state index contributed by atoms with van der Waals surface area (Å²) in [6.45, 7) is 6.08. The molecule has 2 N–H and O–H groups in total. The number of anilines is 3. The molecule has 194 valence electrons. The minimum atomic E-state index is -0.704. The first-order chi connectivity index (χ1) is 18.2. The van der Waals surface area contributed by atoms with E-state index in [9.17, 15) is 19.2 Å². The largest absolute Gasteiger partial charge is 0.462 e. The number of nitrogens with zero attached hydrogens (tertiary/aromatic N) is 1. The smallest absolute Gasteiger partial charge is 0.338 e. The van der Waals surface area contributed by atoms with Gasteiger partial charge in [-0.15, -0.1) is 0 Å². The van der Waals surface area contributed by atoms with E-state index in [2.05, 4.69) is 10.6 Å². The number of nitrogens with one attached hydrogen (secondary N) is 2. The Morgan fingerprint density at radius 3 is 2.34 bits per heavy atom. The van der Waals surface area contributed by atoms with Gasteiger partial charge < -0.3 is 15.4 Å². The van der Waals surface area contributed by atoms with E-state index >= 15 is 0 Å². The van der Waals surface area contributed by atoms with Crippen LogP contribution >= 0.6 is 11.6 Å². The van der Waals surface area contributed by atoms with E-state index in [0.29, 0.717) is 35.5 Å². The van der Waals surface area contributed by atoms with Gasteiger partial charge in [0, 0.05) is 16.9 Å². The van der Waals surface area contributed by atoms with Crippen molar-refractivity contribution >= 4 is 52.4 Å². The number of hydrogen-bond acceptors (Lipinski definition) is 6. The molecule has 3 aromatic carbocycles. The highest BCUT2D eigenvalue weighted by Gasteiger charge is 2.39. The normalized spacial score (nSPS) is 13.1. The first-order valence-corrected chi connectivity index (χ1v) is 12.4. The summed E-state index contributed by atoms with van der Waals surface area (Å²) in [5.74, 6) is -2.18. The molecule has 0 bridgehead atoms. The van der Waals surface area contributed by atoms with Crippen LogP contribution in [-0.4, -0.2) is 30.3 Å². The molecular formula is C29H26ClN3O5. The van der Waals surface area contributed by atoms with Gasteiger partial charge >= 0.3 is 5.97 Å². The first kappa shape index (κ1) is 26.6. The molecule has 1 heterocycles. The van der Waals surface area contributed by atoms with Crippen LogP contribution in [0.1, 0.15) is 45.2 Å². The zero-order valence-electron chi connectivity index (χ0n) is 21.1. The molecule has 3 amide bonds. The number of esters is 1. The van der Waals surface area contributed by atoms with Crippen molar-refractivity contribution < 1.29 is 23.9 Å². The molecule has 1 aliphatic heterocycles. The minimum absolute atomic E-state index is 0.116. The monoisotopic (exact) mass is 531 g/mol. The maximum absolute atomic E-state index is 13.2. The van der Waals surface area contributed by atoms with Crippen LogP contribution in [0.15, 0.2) is 77.5 Å². The first-order valence-electron chi connectivity index (χ1n) is 12.0. The maximum Gasteiger partial charge on any atom is 0.338 e. The highest BCUT2D eigenvalue weighted by atomic mass is 35.5. The molecule has 9 heteroatoms. The predicted octanol–water partition coefficient (Wildman–Crippen LogP) is 5.56. The molecule has 0 aromatic heterocycles. The number of halogens is 1. The van der Waals surface area contributed by atoms with Crippen molar-refractivity contribution in [1.29, 1.82) is 0 Å². The number of amides is 3. The van der Waals surface area contributed by atoms with E-state index in [1.807, 2.05) is 39.0 Å². The molecule has 4 rings (SSSR count). The lowest BCUT2D eigenvalue weighted by Crippen LogP contribution is -2.32. The van der Waals surface area contributed by atoms with Crippen molar-refractivity contribution in [2.24, 2.45) is 0 Å². The van der Waals surface area contributed by atoms with E-state index in [-0.39, 0.29) is 22.3 Å². The Morgan fingerprint density at radius 2 is 1.63 bits per heavy atom. The summed E-state index contributed by atoms with van der Waals surface area (Å²) in [5.41, 5.74) is 3.92. The Balaban J connectivity index is 1.50. The summed E-state index contributed by atoms with van der Waals surface area (Å²) in [6.07, 6.45) is 0.695. The zero-order chi connectivity index (χ0) is 27.4. The third-order valence-corrected chi connectivity index (χ3v) is 6.42. The molecule has 3 aromatic rings. The summed E-state index contributed by atoms with van der Waals surface area (Å²) in [4.78, 5) is 51.8. The van der Waals surface area contributed by atoms with Crippen LogP contribution in [0.5, 0.6) is 0 Å². The van der Waals surface area contributed by atoms with E-state index < -0.39 is 17.8 Å². The number of hydrogen-bond donors (Lipinski definition) is 2. The molecule has 38 heavy (non-hydrogen) atoms. The van der Waals surface area contributed by atoms with Crippen molar-refractivity contribution in [2.75, 3.05) is 22.1 Å². The van der Waals surface area contributed by atoms with E-state index in [1.54, 1.807) is 24.3 Å². The highest BCUT2D eigenvalue weighted by molar-refractivity contribution is 6.53. The lowest BCUT2D eigenvalue weighted by atomic mass is 10.1. The Kier molecular flexibility index (Phi) is 7.93. The van der Waals surface area contributed by atoms with Gasteiger partial charge in [-0.05, 0) is 79.9 Å². The second kappa shape index (κ2) is 11.3.